The fourth-order valence-corrected chi connectivity index (χ4v) is 4.59. The smallest absolute Gasteiger partial charge is 0.163 e. The Labute approximate surface area is 154 Å². The molecule has 1 saturated carbocycles. The number of unbranched alkanes of at least 4 members (excludes halogenated alkanes) is 5. The zero-order chi connectivity index (χ0) is 17.8. The first kappa shape index (κ1) is 18.9. The van der Waals surface area contributed by atoms with E-state index in [0.29, 0.717) is 12.0 Å². The van der Waals surface area contributed by atoms with Crippen molar-refractivity contribution in [3.63, 3.8) is 0 Å². The summed E-state index contributed by atoms with van der Waals surface area (Å²) in [7, 11) is 0. The van der Waals surface area contributed by atoms with Gasteiger partial charge in [-0.05, 0) is 45.1 Å². The Balaban J connectivity index is 1.49. The Morgan fingerprint density at radius 1 is 1.00 bits per heavy atom. The summed E-state index contributed by atoms with van der Waals surface area (Å²) < 4.78 is 12.7. The summed E-state index contributed by atoms with van der Waals surface area (Å²) in [6.45, 7) is 6.47. The van der Waals surface area contributed by atoms with Gasteiger partial charge in [-0.25, -0.2) is 0 Å². The van der Waals surface area contributed by atoms with Crippen LogP contribution in [0.3, 0.4) is 0 Å². The van der Waals surface area contributed by atoms with Crippen LogP contribution in [0.5, 0.6) is 0 Å². The van der Waals surface area contributed by atoms with E-state index in [1.54, 1.807) is 0 Å². The molecule has 1 saturated heterocycles. The van der Waals surface area contributed by atoms with Gasteiger partial charge >= 0.3 is 0 Å². The fraction of sp³-hybridized carbons (Fsp3) is 0.739. The van der Waals surface area contributed by atoms with Gasteiger partial charge in [0.15, 0.2) is 5.79 Å². The first-order valence-corrected chi connectivity index (χ1v) is 10.5. The van der Waals surface area contributed by atoms with Crippen molar-refractivity contribution < 1.29 is 9.47 Å². The van der Waals surface area contributed by atoms with E-state index in [4.69, 9.17) is 9.47 Å². The van der Waals surface area contributed by atoms with Crippen molar-refractivity contribution in [1.29, 1.82) is 0 Å². The molecule has 3 atom stereocenters. The maximum absolute atomic E-state index is 6.42. The highest BCUT2D eigenvalue weighted by Gasteiger charge is 2.64. The van der Waals surface area contributed by atoms with Gasteiger partial charge in [0.05, 0.1) is 11.7 Å². The molecular weight excluding hydrogens is 308 g/mol. The van der Waals surface area contributed by atoms with E-state index in [-0.39, 0.29) is 5.60 Å². The molecule has 3 rings (SSSR count). The van der Waals surface area contributed by atoms with Crippen LogP contribution in [-0.4, -0.2) is 17.5 Å². The van der Waals surface area contributed by atoms with Crippen LogP contribution in [0, 0.1) is 5.92 Å². The van der Waals surface area contributed by atoms with Crippen molar-refractivity contribution >= 4 is 0 Å². The molecule has 2 nitrogen and oxygen atoms in total. The summed E-state index contributed by atoms with van der Waals surface area (Å²) in [5.41, 5.74) is 1.49. The third-order valence-corrected chi connectivity index (χ3v) is 5.94. The van der Waals surface area contributed by atoms with Gasteiger partial charge < -0.3 is 9.47 Å². The van der Waals surface area contributed by atoms with Gasteiger partial charge in [-0.15, -0.1) is 0 Å². The van der Waals surface area contributed by atoms with Crippen molar-refractivity contribution in [2.45, 2.75) is 102 Å². The van der Waals surface area contributed by atoms with Crippen molar-refractivity contribution in [3.05, 3.63) is 35.9 Å². The molecule has 140 valence electrons. The van der Waals surface area contributed by atoms with Crippen molar-refractivity contribution in [2.24, 2.45) is 5.92 Å². The zero-order valence-corrected chi connectivity index (χ0v) is 16.4. The average molecular weight is 345 g/mol. The third-order valence-electron chi connectivity index (χ3n) is 5.94. The standard InChI is InChI=1S/C23H36O2/c1-4-5-6-7-8-12-15-21-20-18-23(20,25-22(2,3)24-21)17-16-19-13-10-9-11-14-19/h9-11,13-14,20-21H,4-8,12,15-18H2,1-3H3/t20-,21+,23-/m0/s1. The van der Waals surface area contributed by atoms with Gasteiger partial charge in [-0.3, -0.25) is 0 Å². The van der Waals surface area contributed by atoms with Crippen LogP contribution in [0.2, 0.25) is 0 Å². The second-order valence-corrected chi connectivity index (χ2v) is 8.58. The molecule has 25 heavy (non-hydrogen) atoms. The van der Waals surface area contributed by atoms with Gasteiger partial charge in [0.25, 0.3) is 0 Å². The predicted octanol–water partition coefficient (Wildman–Crippen LogP) is 6.28. The number of hydrogen-bond acceptors (Lipinski definition) is 2. The van der Waals surface area contributed by atoms with E-state index in [1.165, 1.54) is 56.9 Å². The fourth-order valence-electron chi connectivity index (χ4n) is 4.59. The lowest BCUT2D eigenvalue weighted by atomic mass is 9.97. The summed E-state index contributed by atoms with van der Waals surface area (Å²) in [4.78, 5) is 0. The van der Waals surface area contributed by atoms with Crippen LogP contribution in [0.15, 0.2) is 30.3 Å². The normalized spacial score (nSPS) is 30.0. The summed E-state index contributed by atoms with van der Waals surface area (Å²) in [6.07, 6.45) is 13.1. The SMILES string of the molecule is CCCCCCCC[C@H]1OC(C)(C)O[C@@]2(CCc3ccccc3)C[C@@H]12. The molecule has 1 aromatic carbocycles. The highest BCUT2D eigenvalue weighted by molar-refractivity contribution is 5.18. The zero-order valence-electron chi connectivity index (χ0n) is 16.4. The lowest BCUT2D eigenvalue weighted by molar-refractivity contribution is -0.306. The Morgan fingerprint density at radius 3 is 2.48 bits per heavy atom. The van der Waals surface area contributed by atoms with Gasteiger partial charge in [0.1, 0.15) is 0 Å². The molecule has 1 aliphatic heterocycles. The van der Waals surface area contributed by atoms with Crippen LogP contribution in [0.25, 0.3) is 0 Å². The number of hydrogen-bond donors (Lipinski definition) is 0. The summed E-state index contributed by atoms with van der Waals surface area (Å²) in [6, 6.07) is 10.8. The highest BCUT2D eigenvalue weighted by Crippen LogP contribution is 2.59. The lowest BCUT2D eigenvalue weighted by Gasteiger charge is -2.41. The molecule has 0 amide bonds. The van der Waals surface area contributed by atoms with Gasteiger partial charge in [0.2, 0.25) is 0 Å². The second-order valence-electron chi connectivity index (χ2n) is 8.58. The molecule has 1 heterocycles. The minimum absolute atomic E-state index is 0.0739. The molecule has 0 N–H and O–H groups in total. The average Bonchev–Trinajstić information content (AvgIpc) is 3.30. The predicted molar refractivity (Wildman–Crippen MR) is 104 cm³/mol. The Bertz CT molecular complexity index is 524. The summed E-state index contributed by atoms with van der Waals surface area (Å²) >= 11 is 0. The van der Waals surface area contributed by atoms with E-state index in [2.05, 4.69) is 51.1 Å². The maximum Gasteiger partial charge on any atom is 0.163 e. The molecule has 0 unspecified atom stereocenters. The molecule has 2 aliphatic rings. The molecule has 2 fully saturated rings. The van der Waals surface area contributed by atoms with E-state index in [9.17, 15) is 0 Å². The Kier molecular flexibility index (Phi) is 6.22. The van der Waals surface area contributed by atoms with Crippen LogP contribution in [0.1, 0.15) is 84.1 Å². The number of ether oxygens (including phenoxy) is 2. The van der Waals surface area contributed by atoms with Gasteiger partial charge in [-0.1, -0.05) is 75.8 Å². The molecule has 0 radical (unpaired) electrons. The lowest BCUT2D eigenvalue weighted by Crippen LogP contribution is -2.46. The van der Waals surface area contributed by atoms with Crippen molar-refractivity contribution in [3.8, 4) is 0 Å². The van der Waals surface area contributed by atoms with Crippen LogP contribution < -0.4 is 0 Å². The van der Waals surface area contributed by atoms with Crippen LogP contribution in [-0.2, 0) is 15.9 Å². The molecule has 0 spiro atoms. The van der Waals surface area contributed by atoms with Crippen LogP contribution >= 0.6 is 0 Å². The van der Waals surface area contributed by atoms with Gasteiger partial charge in [-0.2, -0.15) is 0 Å². The first-order valence-electron chi connectivity index (χ1n) is 10.5. The summed E-state index contributed by atoms with van der Waals surface area (Å²) in [5, 5.41) is 0. The molecule has 1 aliphatic carbocycles. The number of benzene rings is 1. The molecule has 2 heteroatoms. The van der Waals surface area contributed by atoms with Crippen molar-refractivity contribution in [1.82, 2.24) is 0 Å². The van der Waals surface area contributed by atoms with E-state index in [0.717, 1.165) is 12.8 Å². The highest BCUT2D eigenvalue weighted by atomic mass is 16.7. The molecule has 0 aromatic heterocycles. The van der Waals surface area contributed by atoms with Crippen LogP contribution in [0.4, 0.5) is 0 Å². The topological polar surface area (TPSA) is 18.5 Å². The molecule has 0 bridgehead atoms. The second kappa shape index (κ2) is 8.22. The van der Waals surface area contributed by atoms with E-state index in [1.807, 2.05) is 0 Å². The Hall–Kier alpha value is -0.860. The molecule has 1 aromatic rings. The van der Waals surface area contributed by atoms with E-state index >= 15 is 0 Å². The monoisotopic (exact) mass is 344 g/mol. The van der Waals surface area contributed by atoms with Crippen molar-refractivity contribution in [2.75, 3.05) is 0 Å². The summed E-state index contributed by atoms with van der Waals surface area (Å²) in [5.74, 6) is 0.177. The Morgan fingerprint density at radius 2 is 1.72 bits per heavy atom. The minimum Gasteiger partial charge on any atom is -0.347 e. The largest absolute Gasteiger partial charge is 0.347 e. The quantitative estimate of drug-likeness (QED) is 0.465. The maximum atomic E-state index is 6.42. The number of aryl methyl sites for hydroxylation is 1. The minimum atomic E-state index is -0.434. The number of fused-ring (bicyclic) bond motifs is 1. The third kappa shape index (κ3) is 5.08. The molecular formula is C23H36O2. The first-order chi connectivity index (χ1) is 12.0. The van der Waals surface area contributed by atoms with E-state index < -0.39 is 5.79 Å². The number of rotatable bonds is 10. The van der Waals surface area contributed by atoms with Gasteiger partial charge in [0, 0.05) is 5.92 Å².